The fourth-order valence-corrected chi connectivity index (χ4v) is 3.84. The summed E-state index contributed by atoms with van der Waals surface area (Å²) in [6.45, 7) is 3.75. The first-order chi connectivity index (χ1) is 12.6. The smallest absolute Gasteiger partial charge is 0.244 e. The van der Waals surface area contributed by atoms with Gasteiger partial charge in [0.1, 0.15) is 4.90 Å². The number of benzene rings is 1. The highest BCUT2D eigenvalue weighted by atomic mass is 35.5. The van der Waals surface area contributed by atoms with E-state index in [1.165, 1.54) is 31.6 Å². The molecule has 0 saturated heterocycles. The number of likely N-dealkylation sites (N-methyl/N-ethyl adjacent to an activating group) is 1. The molecule has 146 valence electrons. The van der Waals surface area contributed by atoms with E-state index < -0.39 is 10.0 Å². The Hall–Kier alpha value is -1.67. The Morgan fingerprint density at radius 3 is 2.44 bits per heavy atom. The summed E-state index contributed by atoms with van der Waals surface area (Å²) in [5.74, 6) is -0.314. The van der Waals surface area contributed by atoms with Crippen molar-refractivity contribution in [2.45, 2.75) is 31.3 Å². The first kappa shape index (κ1) is 21.6. The van der Waals surface area contributed by atoms with Gasteiger partial charge in [-0.15, -0.1) is 0 Å². The summed E-state index contributed by atoms with van der Waals surface area (Å²) in [6.07, 6.45) is 2.74. The van der Waals surface area contributed by atoms with Crippen molar-refractivity contribution in [3.63, 3.8) is 0 Å². The van der Waals surface area contributed by atoms with Gasteiger partial charge in [-0.05, 0) is 43.7 Å². The zero-order chi connectivity index (χ0) is 20.2. The van der Waals surface area contributed by atoms with E-state index in [0.717, 1.165) is 9.87 Å². The molecular weight excluding hydrogens is 409 g/mol. The van der Waals surface area contributed by atoms with Gasteiger partial charge >= 0.3 is 0 Å². The number of hydrogen-bond acceptors (Lipinski definition) is 4. The van der Waals surface area contributed by atoms with Gasteiger partial charge in [0.2, 0.25) is 15.9 Å². The molecule has 0 saturated carbocycles. The van der Waals surface area contributed by atoms with E-state index >= 15 is 0 Å². The molecule has 6 nitrogen and oxygen atoms in total. The van der Waals surface area contributed by atoms with Gasteiger partial charge in [-0.1, -0.05) is 29.3 Å². The second kappa shape index (κ2) is 9.01. The van der Waals surface area contributed by atoms with Crippen molar-refractivity contribution in [2.75, 3.05) is 13.6 Å². The number of sulfonamides is 1. The molecule has 0 spiro atoms. The Labute approximate surface area is 169 Å². The van der Waals surface area contributed by atoms with Gasteiger partial charge in [0, 0.05) is 32.0 Å². The lowest BCUT2D eigenvalue weighted by Gasteiger charge is -2.29. The van der Waals surface area contributed by atoms with Crippen LogP contribution in [0.1, 0.15) is 19.4 Å². The van der Waals surface area contributed by atoms with E-state index in [9.17, 15) is 13.2 Å². The van der Waals surface area contributed by atoms with Crippen LogP contribution >= 0.6 is 23.2 Å². The van der Waals surface area contributed by atoms with Gasteiger partial charge in [0.25, 0.3) is 0 Å². The first-order valence-electron chi connectivity index (χ1n) is 8.22. The number of nitrogens with zero attached hydrogens (tertiary/aromatic N) is 3. The van der Waals surface area contributed by atoms with Crippen molar-refractivity contribution in [3.05, 3.63) is 58.3 Å². The second-order valence-electron chi connectivity index (χ2n) is 6.31. The molecule has 0 bridgehead atoms. The maximum absolute atomic E-state index is 12.8. The largest absolute Gasteiger partial charge is 0.335 e. The molecular formula is C18H21Cl2N3O3S. The fraction of sp³-hybridized carbons (Fsp3) is 0.333. The molecule has 2 aromatic rings. The van der Waals surface area contributed by atoms with Crippen LogP contribution in [0.2, 0.25) is 10.0 Å². The molecule has 0 N–H and O–H groups in total. The quantitative estimate of drug-likeness (QED) is 0.675. The number of halogens is 2. The summed E-state index contributed by atoms with van der Waals surface area (Å²) >= 11 is 12.0. The van der Waals surface area contributed by atoms with Crippen molar-refractivity contribution in [1.82, 2.24) is 14.2 Å². The summed E-state index contributed by atoms with van der Waals surface area (Å²) in [5, 5.41) is 0.840. The molecule has 0 radical (unpaired) electrons. The number of carbonyl (C=O) groups excluding carboxylic acids is 1. The minimum Gasteiger partial charge on any atom is -0.335 e. The number of rotatable bonds is 7. The molecule has 0 fully saturated rings. The van der Waals surface area contributed by atoms with Crippen LogP contribution in [0.5, 0.6) is 0 Å². The highest BCUT2D eigenvalue weighted by Crippen LogP contribution is 2.24. The molecule has 1 aromatic carbocycles. The third kappa shape index (κ3) is 5.42. The van der Waals surface area contributed by atoms with Gasteiger partial charge in [-0.25, -0.2) is 8.42 Å². The SMILES string of the molecule is CC(C)N(Cc1ccc(Cl)c(Cl)c1)C(=O)CN(C)S(=O)(=O)c1cccnc1. The van der Waals surface area contributed by atoms with Gasteiger partial charge in [0.15, 0.2) is 0 Å². The van der Waals surface area contributed by atoms with Gasteiger partial charge in [0.05, 0.1) is 16.6 Å². The average Bonchev–Trinajstić information content (AvgIpc) is 2.62. The lowest BCUT2D eigenvalue weighted by molar-refractivity contribution is -0.133. The summed E-state index contributed by atoms with van der Waals surface area (Å²) in [4.78, 5) is 18.2. The Morgan fingerprint density at radius 1 is 1.19 bits per heavy atom. The summed E-state index contributed by atoms with van der Waals surface area (Å²) in [6, 6.07) is 8.00. The molecule has 0 aliphatic heterocycles. The Balaban J connectivity index is 2.16. The first-order valence-corrected chi connectivity index (χ1v) is 10.4. The van der Waals surface area contributed by atoms with Crippen LogP contribution in [0, 0.1) is 0 Å². The van der Waals surface area contributed by atoms with E-state index in [1.807, 2.05) is 13.8 Å². The number of aromatic nitrogens is 1. The molecule has 0 atom stereocenters. The lowest BCUT2D eigenvalue weighted by atomic mass is 10.2. The van der Waals surface area contributed by atoms with Crippen LogP contribution in [0.15, 0.2) is 47.6 Å². The second-order valence-corrected chi connectivity index (χ2v) is 9.17. The van der Waals surface area contributed by atoms with Gasteiger partial charge in [-0.3, -0.25) is 9.78 Å². The van der Waals surface area contributed by atoms with Crippen molar-refractivity contribution in [2.24, 2.45) is 0 Å². The summed E-state index contributed by atoms with van der Waals surface area (Å²) in [5.41, 5.74) is 0.809. The normalized spacial score (nSPS) is 11.8. The Kier molecular flexibility index (Phi) is 7.22. The van der Waals surface area contributed by atoms with Crippen molar-refractivity contribution < 1.29 is 13.2 Å². The molecule has 27 heavy (non-hydrogen) atoms. The number of hydrogen-bond donors (Lipinski definition) is 0. The standard InChI is InChI=1S/C18H21Cl2N3O3S/c1-13(2)23(11-14-6-7-16(19)17(20)9-14)18(24)12-22(3)27(25,26)15-5-4-8-21-10-15/h4-10,13H,11-12H2,1-3H3. The third-order valence-electron chi connectivity index (χ3n) is 3.98. The number of amides is 1. The van der Waals surface area contributed by atoms with E-state index in [2.05, 4.69) is 4.98 Å². The van der Waals surface area contributed by atoms with Crippen LogP contribution < -0.4 is 0 Å². The average molecular weight is 430 g/mol. The van der Waals surface area contributed by atoms with Gasteiger partial charge in [-0.2, -0.15) is 4.31 Å². The summed E-state index contributed by atoms with van der Waals surface area (Å²) in [7, 11) is -2.42. The van der Waals surface area contributed by atoms with Crippen LogP contribution in [-0.4, -0.2) is 48.1 Å². The minimum absolute atomic E-state index is 0.0425. The van der Waals surface area contributed by atoms with E-state index in [4.69, 9.17) is 23.2 Å². The zero-order valence-electron chi connectivity index (χ0n) is 15.3. The van der Waals surface area contributed by atoms with Crippen molar-refractivity contribution in [1.29, 1.82) is 0 Å². The predicted molar refractivity (Wildman–Crippen MR) is 106 cm³/mol. The number of carbonyl (C=O) groups is 1. The Bertz CT molecular complexity index is 905. The topological polar surface area (TPSA) is 70.6 Å². The lowest BCUT2D eigenvalue weighted by Crippen LogP contribution is -2.43. The van der Waals surface area contributed by atoms with Crippen molar-refractivity contribution >= 4 is 39.1 Å². The molecule has 2 rings (SSSR count). The van der Waals surface area contributed by atoms with Crippen LogP contribution in [0.4, 0.5) is 0 Å². The maximum Gasteiger partial charge on any atom is 0.244 e. The summed E-state index contributed by atoms with van der Waals surface area (Å²) < 4.78 is 26.2. The van der Waals surface area contributed by atoms with Crippen molar-refractivity contribution in [3.8, 4) is 0 Å². The molecule has 0 aliphatic carbocycles. The molecule has 1 heterocycles. The molecule has 1 amide bonds. The molecule has 0 unspecified atom stereocenters. The van der Waals surface area contributed by atoms with Crippen LogP contribution in [0.25, 0.3) is 0 Å². The third-order valence-corrected chi connectivity index (χ3v) is 6.51. The maximum atomic E-state index is 12.8. The Morgan fingerprint density at radius 2 is 1.89 bits per heavy atom. The molecule has 1 aromatic heterocycles. The van der Waals surface area contributed by atoms with Crippen LogP contribution in [-0.2, 0) is 21.4 Å². The molecule has 0 aliphatic rings. The van der Waals surface area contributed by atoms with E-state index in [-0.39, 0.29) is 23.4 Å². The molecule has 9 heteroatoms. The zero-order valence-corrected chi connectivity index (χ0v) is 17.6. The minimum atomic E-state index is -3.79. The highest BCUT2D eigenvalue weighted by Gasteiger charge is 2.26. The van der Waals surface area contributed by atoms with Gasteiger partial charge < -0.3 is 4.90 Å². The van der Waals surface area contributed by atoms with E-state index in [1.54, 1.807) is 23.1 Å². The predicted octanol–water partition coefficient (Wildman–Crippen LogP) is 3.45. The number of pyridine rings is 1. The van der Waals surface area contributed by atoms with E-state index in [0.29, 0.717) is 16.6 Å². The monoisotopic (exact) mass is 429 g/mol. The van der Waals surface area contributed by atoms with Crippen LogP contribution in [0.3, 0.4) is 0 Å². The fourth-order valence-electron chi connectivity index (χ4n) is 2.44. The highest BCUT2D eigenvalue weighted by molar-refractivity contribution is 7.89.